The summed E-state index contributed by atoms with van der Waals surface area (Å²) in [5.74, 6) is -0.574. The number of aromatic nitrogens is 2. The fraction of sp³-hybridized carbons (Fsp3) is 0.485. The van der Waals surface area contributed by atoms with E-state index in [1.807, 2.05) is 86.8 Å². The molecule has 1 saturated heterocycles. The van der Waals surface area contributed by atoms with Crippen LogP contribution in [-0.4, -0.2) is 70.4 Å². The van der Waals surface area contributed by atoms with Gasteiger partial charge in [0.2, 0.25) is 11.7 Å². The molecule has 3 amide bonds. The number of allylic oxidation sites excluding steroid dienone is 3. The van der Waals surface area contributed by atoms with Crippen molar-refractivity contribution in [1.82, 2.24) is 30.6 Å². The molecule has 0 bridgehead atoms. The van der Waals surface area contributed by atoms with Gasteiger partial charge in [0.05, 0.1) is 19.0 Å². The molecule has 2 heterocycles. The van der Waals surface area contributed by atoms with Crippen LogP contribution in [0.4, 0.5) is 4.79 Å². The number of carbonyl (C=O) groups is 3. The number of rotatable bonds is 10. The number of urea groups is 1. The van der Waals surface area contributed by atoms with E-state index in [2.05, 4.69) is 51.9 Å². The average molecular weight is 597 g/mol. The summed E-state index contributed by atoms with van der Waals surface area (Å²) in [5, 5.41) is 13.5. The van der Waals surface area contributed by atoms with Crippen LogP contribution in [0, 0.1) is 12.8 Å². The largest absolute Gasteiger partial charge is 0.418 e. The molecule has 0 saturated carbocycles. The van der Waals surface area contributed by atoms with Gasteiger partial charge in [0.25, 0.3) is 11.8 Å². The van der Waals surface area contributed by atoms with Crippen LogP contribution in [0.5, 0.6) is 0 Å². The lowest BCUT2D eigenvalue weighted by molar-refractivity contribution is -0.126. The SMILES string of the molecule is C/C=C(\C)N(C)C.C=C(CN1C(=O)NC(C)C1=O)NC(C(=O)c1nnc(Cc2cccc(C)c2)o1)C(C)C.C=CC.CC. The molecule has 3 rings (SSSR count). The molecule has 43 heavy (non-hydrogen) atoms. The molecule has 2 atom stereocenters. The number of Topliss-reactive ketones (excluding diaryl/α,β-unsaturated/α-hetero) is 1. The van der Waals surface area contributed by atoms with Crippen molar-refractivity contribution < 1.29 is 18.8 Å². The lowest BCUT2D eigenvalue weighted by Gasteiger charge is -2.24. The van der Waals surface area contributed by atoms with Crippen molar-refractivity contribution >= 4 is 17.7 Å². The number of carbonyl (C=O) groups excluding carboxylic acids is 3. The van der Waals surface area contributed by atoms with Crippen LogP contribution in [0.1, 0.15) is 83.1 Å². The number of ketones is 1. The topological polar surface area (TPSA) is 121 Å². The Kier molecular flexibility index (Phi) is 17.9. The Bertz CT molecular complexity index is 1230. The highest BCUT2D eigenvalue weighted by molar-refractivity contribution is 6.04. The fourth-order valence-electron chi connectivity index (χ4n) is 3.61. The molecule has 0 aliphatic carbocycles. The number of hydrogen-bond donors (Lipinski definition) is 2. The highest BCUT2D eigenvalue weighted by atomic mass is 16.4. The first kappa shape index (κ1) is 38.8. The number of hydrogen-bond acceptors (Lipinski definition) is 8. The van der Waals surface area contributed by atoms with E-state index in [0.717, 1.165) is 16.0 Å². The average Bonchev–Trinajstić information content (AvgIpc) is 3.52. The zero-order chi connectivity index (χ0) is 33.3. The first-order chi connectivity index (χ1) is 20.2. The van der Waals surface area contributed by atoms with E-state index in [1.165, 1.54) is 5.70 Å². The van der Waals surface area contributed by atoms with Gasteiger partial charge in [-0.2, -0.15) is 0 Å². The van der Waals surface area contributed by atoms with Crippen LogP contribution in [0.2, 0.25) is 0 Å². The minimum atomic E-state index is -0.696. The highest BCUT2D eigenvalue weighted by Crippen LogP contribution is 2.15. The summed E-state index contributed by atoms with van der Waals surface area (Å²) in [5.41, 5.74) is 3.80. The van der Waals surface area contributed by atoms with Crippen molar-refractivity contribution in [2.24, 2.45) is 5.92 Å². The highest BCUT2D eigenvalue weighted by Gasteiger charge is 2.36. The maximum absolute atomic E-state index is 13.0. The minimum Gasteiger partial charge on any atom is -0.418 e. The van der Waals surface area contributed by atoms with E-state index >= 15 is 0 Å². The van der Waals surface area contributed by atoms with Crippen LogP contribution in [-0.2, 0) is 11.2 Å². The number of nitrogens with one attached hydrogen (secondary N) is 2. The Balaban J connectivity index is 0.00000126. The van der Waals surface area contributed by atoms with Crippen LogP contribution < -0.4 is 10.6 Å². The Morgan fingerprint density at radius 2 is 1.81 bits per heavy atom. The normalized spacial score (nSPS) is 14.7. The molecule has 10 heteroatoms. The van der Waals surface area contributed by atoms with Crippen molar-refractivity contribution in [2.75, 3.05) is 20.6 Å². The number of imide groups is 1. The molecule has 0 radical (unpaired) electrons. The van der Waals surface area contributed by atoms with Gasteiger partial charge in [0.15, 0.2) is 0 Å². The smallest absolute Gasteiger partial charge is 0.325 e. The van der Waals surface area contributed by atoms with Crippen molar-refractivity contribution in [1.29, 1.82) is 0 Å². The summed E-state index contributed by atoms with van der Waals surface area (Å²) in [6, 6.07) is 6.17. The standard InChI is InChI=1S/C22H27N5O4.C6H13N.C3H6.C2H6/c1-12(2)18(23-14(4)11-27-21(29)15(5)24-22(27)30)19(28)20-26-25-17(31-20)10-16-8-6-7-13(3)9-16;1-5-6(2)7(3)4;1-3-2;1-2/h6-9,12,15,18,23H,4,10-11H2,1-3,5H3,(H,24,30);5H,1-4H3;3H,1H2,2H3;1-2H3/b;6-5+;;. The molecule has 238 valence electrons. The lowest BCUT2D eigenvalue weighted by atomic mass is 9.99. The van der Waals surface area contributed by atoms with E-state index in [0.29, 0.717) is 18.0 Å². The van der Waals surface area contributed by atoms with Gasteiger partial charge in [-0.1, -0.05) is 76.3 Å². The summed E-state index contributed by atoms with van der Waals surface area (Å²) in [6.45, 7) is 24.5. The van der Waals surface area contributed by atoms with Gasteiger partial charge in [0.1, 0.15) is 6.04 Å². The molecule has 2 aromatic rings. The third-order valence-electron chi connectivity index (χ3n) is 6.12. The molecular weight excluding hydrogens is 544 g/mol. The van der Waals surface area contributed by atoms with Crippen molar-refractivity contribution in [3.05, 3.63) is 83.9 Å². The summed E-state index contributed by atoms with van der Waals surface area (Å²) in [7, 11) is 4.07. The molecule has 1 fully saturated rings. The third-order valence-corrected chi connectivity index (χ3v) is 6.12. The Morgan fingerprint density at radius 3 is 2.26 bits per heavy atom. The predicted octanol–water partition coefficient (Wildman–Crippen LogP) is 5.91. The van der Waals surface area contributed by atoms with Crippen LogP contribution >= 0.6 is 0 Å². The molecule has 1 aliphatic rings. The second-order valence-electron chi connectivity index (χ2n) is 10.3. The second kappa shape index (κ2) is 19.8. The molecule has 1 aromatic carbocycles. The van der Waals surface area contributed by atoms with Crippen LogP contribution in [0.25, 0.3) is 0 Å². The maximum atomic E-state index is 13.0. The number of amides is 3. The molecule has 1 aromatic heterocycles. The van der Waals surface area contributed by atoms with Crippen molar-refractivity contribution in [3.63, 3.8) is 0 Å². The van der Waals surface area contributed by atoms with Gasteiger partial charge in [-0.3, -0.25) is 14.5 Å². The number of aryl methyl sites for hydroxylation is 1. The summed E-state index contributed by atoms with van der Waals surface area (Å²) in [6.07, 6.45) is 4.26. The molecule has 10 nitrogen and oxygen atoms in total. The Labute approximate surface area is 258 Å². The van der Waals surface area contributed by atoms with E-state index in [4.69, 9.17) is 4.42 Å². The van der Waals surface area contributed by atoms with Crippen molar-refractivity contribution in [3.8, 4) is 0 Å². The Morgan fingerprint density at radius 1 is 1.21 bits per heavy atom. The van der Waals surface area contributed by atoms with E-state index in [-0.39, 0.29) is 30.0 Å². The first-order valence-electron chi connectivity index (χ1n) is 14.6. The zero-order valence-corrected chi connectivity index (χ0v) is 27.9. The van der Waals surface area contributed by atoms with Gasteiger partial charge in [-0.05, 0) is 46.1 Å². The number of nitrogens with zero attached hydrogens (tertiary/aromatic N) is 4. The molecule has 2 unspecified atom stereocenters. The van der Waals surface area contributed by atoms with Gasteiger partial charge < -0.3 is 20.0 Å². The van der Waals surface area contributed by atoms with Gasteiger partial charge in [0, 0.05) is 25.5 Å². The summed E-state index contributed by atoms with van der Waals surface area (Å²) < 4.78 is 5.61. The summed E-state index contributed by atoms with van der Waals surface area (Å²) in [4.78, 5) is 40.1. The van der Waals surface area contributed by atoms with E-state index in [9.17, 15) is 14.4 Å². The molecular formula is C33H52N6O4. The van der Waals surface area contributed by atoms with E-state index in [1.54, 1.807) is 13.0 Å². The molecule has 1 aliphatic heterocycles. The van der Waals surface area contributed by atoms with Gasteiger partial charge >= 0.3 is 6.03 Å². The fourth-order valence-corrected chi connectivity index (χ4v) is 3.61. The van der Waals surface area contributed by atoms with Crippen LogP contribution in [0.15, 0.2) is 65.4 Å². The Hall–Kier alpha value is -4.21. The van der Waals surface area contributed by atoms with Gasteiger partial charge in [-0.25, -0.2) is 4.79 Å². The van der Waals surface area contributed by atoms with E-state index < -0.39 is 18.1 Å². The molecule has 2 N–H and O–H groups in total. The monoisotopic (exact) mass is 596 g/mol. The third kappa shape index (κ3) is 13.1. The van der Waals surface area contributed by atoms with Gasteiger partial charge in [-0.15, -0.1) is 16.8 Å². The lowest BCUT2D eigenvalue weighted by Crippen LogP contribution is -2.44. The van der Waals surface area contributed by atoms with Crippen molar-refractivity contribution in [2.45, 2.75) is 80.8 Å². The molecule has 0 spiro atoms. The first-order valence-corrected chi connectivity index (χ1v) is 14.6. The quantitative estimate of drug-likeness (QED) is 0.197. The predicted molar refractivity (Wildman–Crippen MR) is 174 cm³/mol. The zero-order valence-electron chi connectivity index (χ0n) is 27.9. The minimum absolute atomic E-state index is 0.0338. The maximum Gasteiger partial charge on any atom is 0.325 e. The number of benzene rings is 1. The van der Waals surface area contributed by atoms with Crippen LogP contribution in [0.3, 0.4) is 0 Å². The second-order valence-corrected chi connectivity index (χ2v) is 10.3. The summed E-state index contributed by atoms with van der Waals surface area (Å²) >= 11 is 0.